The van der Waals surface area contributed by atoms with Crippen molar-refractivity contribution < 1.29 is 18.4 Å². The molecular formula is C14H20ClF2N3O2. The van der Waals surface area contributed by atoms with Crippen molar-refractivity contribution in [2.75, 3.05) is 32.0 Å². The number of carbonyl (C=O) groups is 2. The highest BCUT2D eigenvalue weighted by atomic mass is 35.5. The molecule has 0 heterocycles. The van der Waals surface area contributed by atoms with E-state index in [1.54, 1.807) is 14.0 Å². The number of benzene rings is 1. The summed E-state index contributed by atoms with van der Waals surface area (Å²) in [4.78, 5) is 24.9. The minimum Gasteiger partial charge on any atom is -0.334 e. The lowest BCUT2D eigenvalue weighted by molar-refractivity contribution is -0.134. The number of amides is 2. The number of nitrogens with zero attached hydrogens (tertiary/aromatic N) is 1. The monoisotopic (exact) mass is 335 g/mol. The van der Waals surface area contributed by atoms with E-state index >= 15 is 0 Å². The lowest BCUT2D eigenvalue weighted by Gasteiger charge is -2.20. The molecule has 0 unspecified atom stereocenters. The molecule has 1 aromatic carbocycles. The smallest absolute Gasteiger partial charge is 0.244 e. The summed E-state index contributed by atoms with van der Waals surface area (Å²) < 4.78 is 26.8. The quantitative estimate of drug-likeness (QED) is 0.798. The van der Waals surface area contributed by atoms with Crippen molar-refractivity contribution in [1.82, 2.24) is 10.2 Å². The van der Waals surface area contributed by atoms with E-state index in [1.807, 2.05) is 0 Å². The van der Waals surface area contributed by atoms with Gasteiger partial charge in [0, 0.05) is 19.5 Å². The Morgan fingerprint density at radius 1 is 1.23 bits per heavy atom. The first-order valence-electron chi connectivity index (χ1n) is 6.65. The third kappa shape index (κ3) is 5.95. The van der Waals surface area contributed by atoms with Gasteiger partial charge in [0.2, 0.25) is 11.8 Å². The van der Waals surface area contributed by atoms with Gasteiger partial charge < -0.3 is 15.5 Å². The van der Waals surface area contributed by atoms with Crippen LogP contribution in [0.15, 0.2) is 18.2 Å². The maximum atomic E-state index is 13.4. The molecule has 0 fully saturated rings. The molecule has 1 rings (SSSR count). The normalized spacial score (nSPS) is 9.82. The Morgan fingerprint density at radius 3 is 2.32 bits per heavy atom. The Labute approximate surface area is 134 Å². The van der Waals surface area contributed by atoms with E-state index in [4.69, 9.17) is 0 Å². The summed E-state index contributed by atoms with van der Waals surface area (Å²) in [7, 11) is 1.72. The van der Waals surface area contributed by atoms with Gasteiger partial charge in [-0.25, -0.2) is 8.78 Å². The number of hydrogen-bond acceptors (Lipinski definition) is 3. The van der Waals surface area contributed by atoms with Gasteiger partial charge in [0.05, 0.1) is 6.54 Å². The van der Waals surface area contributed by atoms with E-state index in [-0.39, 0.29) is 31.3 Å². The zero-order valence-corrected chi connectivity index (χ0v) is 13.3. The van der Waals surface area contributed by atoms with Crippen LogP contribution in [0.4, 0.5) is 14.5 Å². The zero-order valence-electron chi connectivity index (χ0n) is 12.5. The summed E-state index contributed by atoms with van der Waals surface area (Å²) in [5.41, 5.74) is -0.499. The average molecular weight is 336 g/mol. The number of nitrogens with one attached hydrogen (secondary N) is 2. The second-order valence-corrected chi connectivity index (χ2v) is 4.41. The molecule has 0 atom stereocenters. The van der Waals surface area contributed by atoms with Crippen molar-refractivity contribution in [3.63, 3.8) is 0 Å². The van der Waals surface area contributed by atoms with Crippen LogP contribution in [0.2, 0.25) is 0 Å². The van der Waals surface area contributed by atoms with Gasteiger partial charge in [0.25, 0.3) is 0 Å². The molecule has 0 aliphatic rings. The van der Waals surface area contributed by atoms with Gasteiger partial charge in [0.15, 0.2) is 0 Å². The average Bonchev–Trinajstić information content (AvgIpc) is 2.46. The number of rotatable bonds is 7. The summed E-state index contributed by atoms with van der Waals surface area (Å²) in [6.07, 6.45) is 0.256. The van der Waals surface area contributed by atoms with Gasteiger partial charge in [-0.2, -0.15) is 0 Å². The lowest BCUT2D eigenvalue weighted by atomic mass is 10.3. The standard InChI is InChI=1S/C14H19F2N3O2.ClH/c1-3-19(13(21)7-8-17-2)9-12(20)18-14-10(15)5-4-6-11(14)16;/h4-6,17H,3,7-9H2,1-2H3,(H,18,20);1H. The number of likely N-dealkylation sites (N-methyl/N-ethyl adjacent to an activating group) is 1. The molecule has 0 saturated carbocycles. The maximum absolute atomic E-state index is 13.4. The predicted molar refractivity (Wildman–Crippen MR) is 83.0 cm³/mol. The second-order valence-electron chi connectivity index (χ2n) is 4.41. The summed E-state index contributed by atoms with van der Waals surface area (Å²) in [5.74, 6) is -2.55. The molecule has 2 N–H and O–H groups in total. The third-order valence-corrected chi connectivity index (χ3v) is 2.88. The minimum absolute atomic E-state index is 0. The van der Waals surface area contributed by atoms with Gasteiger partial charge in [-0.15, -0.1) is 12.4 Å². The van der Waals surface area contributed by atoms with Crippen molar-refractivity contribution in [3.05, 3.63) is 29.8 Å². The molecule has 8 heteroatoms. The van der Waals surface area contributed by atoms with Crippen LogP contribution in [0.25, 0.3) is 0 Å². The molecule has 22 heavy (non-hydrogen) atoms. The van der Waals surface area contributed by atoms with Crippen LogP contribution in [-0.4, -0.2) is 43.4 Å². The van der Waals surface area contributed by atoms with Crippen LogP contribution in [0, 0.1) is 11.6 Å². The van der Waals surface area contributed by atoms with Crippen LogP contribution in [0.5, 0.6) is 0 Å². The van der Waals surface area contributed by atoms with Gasteiger partial charge in [-0.3, -0.25) is 9.59 Å². The fourth-order valence-corrected chi connectivity index (χ4v) is 1.74. The maximum Gasteiger partial charge on any atom is 0.244 e. The summed E-state index contributed by atoms with van der Waals surface area (Å²) in [5, 5.41) is 4.99. The lowest BCUT2D eigenvalue weighted by Crippen LogP contribution is -2.39. The van der Waals surface area contributed by atoms with Gasteiger partial charge in [0.1, 0.15) is 17.3 Å². The number of carbonyl (C=O) groups excluding carboxylic acids is 2. The Kier molecular flexibility index (Phi) is 9.28. The largest absolute Gasteiger partial charge is 0.334 e. The van der Waals surface area contributed by atoms with Crippen molar-refractivity contribution in [1.29, 1.82) is 0 Å². The van der Waals surface area contributed by atoms with E-state index in [9.17, 15) is 18.4 Å². The number of para-hydroxylation sites is 1. The predicted octanol–water partition coefficient (Wildman–Crippen LogP) is 1.78. The zero-order chi connectivity index (χ0) is 15.8. The van der Waals surface area contributed by atoms with E-state index in [2.05, 4.69) is 10.6 Å². The fraction of sp³-hybridized carbons (Fsp3) is 0.429. The first kappa shape index (κ1) is 20.3. The second kappa shape index (κ2) is 10.1. The van der Waals surface area contributed by atoms with Gasteiger partial charge >= 0.3 is 0 Å². The van der Waals surface area contributed by atoms with E-state index in [0.29, 0.717) is 13.1 Å². The molecule has 1 aromatic rings. The molecule has 2 amide bonds. The number of halogens is 3. The van der Waals surface area contributed by atoms with Crippen molar-refractivity contribution in [2.45, 2.75) is 13.3 Å². The molecular weight excluding hydrogens is 316 g/mol. The number of hydrogen-bond donors (Lipinski definition) is 2. The van der Waals surface area contributed by atoms with Crippen LogP contribution in [0.1, 0.15) is 13.3 Å². The Morgan fingerprint density at radius 2 is 1.82 bits per heavy atom. The Bertz CT molecular complexity index is 495. The van der Waals surface area contributed by atoms with Gasteiger partial charge in [-0.05, 0) is 26.1 Å². The first-order chi connectivity index (χ1) is 9.99. The topological polar surface area (TPSA) is 61.4 Å². The van der Waals surface area contributed by atoms with Crippen molar-refractivity contribution >= 4 is 29.9 Å². The molecule has 0 aliphatic heterocycles. The Balaban J connectivity index is 0.00000441. The highest BCUT2D eigenvalue weighted by Crippen LogP contribution is 2.17. The molecule has 0 spiro atoms. The SMILES string of the molecule is CCN(CC(=O)Nc1c(F)cccc1F)C(=O)CCNC.Cl. The minimum atomic E-state index is -0.854. The fourth-order valence-electron chi connectivity index (χ4n) is 1.74. The number of anilines is 1. The molecule has 124 valence electrons. The van der Waals surface area contributed by atoms with Crippen molar-refractivity contribution in [2.24, 2.45) is 0 Å². The summed E-state index contributed by atoms with van der Waals surface area (Å²) in [6, 6.07) is 3.31. The molecule has 0 radical (unpaired) electrons. The molecule has 0 bridgehead atoms. The highest BCUT2D eigenvalue weighted by Gasteiger charge is 2.17. The summed E-state index contributed by atoms with van der Waals surface area (Å²) >= 11 is 0. The van der Waals surface area contributed by atoms with Crippen LogP contribution in [-0.2, 0) is 9.59 Å². The molecule has 0 aliphatic carbocycles. The first-order valence-corrected chi connectivity index (χ1v) is 6.65. The molecule has 0 aromatic heterocycles. The van der Waals surface area contributed by atoms with Crippen molar-refractivity contribution in [3.8, 4) is 0 Å². The van der Waals surface area contributed by atoms with Crippen LogP contribution < -0.4 is 10.6 Å². The van der Waals surface area contributed by atoms with E-state index in [0.717, 1.165) is 12.1 Å². The summed E-state index contributed by atoms with van der Waals surface area (Å²) in [6.45, 7) is 2.33. The Hall–Kier alpha value is -1.73. The molecule has 5 nitrogen and oxygen atoms in total. The third-order valence-electron chi connectivity index (χ3n) is 2.88. The molecule has 0 saturated heterocycles. The van der Waals surface area contributed by atoms with Crippen LogP contribution in [0.3, 0.4) is 0 Å². The van der Waals surface area contributed by atoms with E-state index < -0.39 is 23.2 Å². The highest BCUT2D eigenvalue weighted by molar-refractivity contribution is 5.94. The van der Waals surface area contributed by atoms with E-state index in [1.165, 1.54) is 11.0 Å². The van der Waals surface area contributed by atoms with Gasteiger partial charge in [-0.1, -0.05) is 6.07 Å². The van der Waals surface area contributed by atoms with Crippen LogP contribution >= 0.6 is 12.4 Å².